The van der Waals surface area contributed by atoms with Gasteiger partial charge in [0.15, 0.2) is 0 Å². The summed E-state index contributed by atoms with van der Waals surface area (Å²) in [5.74, 6) is 1.23. The highest BCUT2D eigenvalue weighted by Gasteiger charge is 2.30. The number of benzene rings is 2. The lowest BCUT2D eigenvalue weighted by atomic mass is 9.95. The van der Waals surface area contributed by atoms with Crippen LogP contribution in [-0.4, -0.2) is 56.5 Å². The van der Waals surface area contributed by atoms with Crippen molar-refractivity contribution in [1.82, 2.24) is 15.5 Å². The molecule has 0 aliphatic carbocycles. The second-order valence-corrected chi connectivity index (χ2v) is 7.72. The van der Waals surface area contributed by atoms with Gasteiger partial charge < -0.3 is 20.3 Å². The summed E-state index contributed by atoms with van der Waals surface area (Å²) < 4.78 is 5.43. The molecule has 2 aliphatic heterocycles. The van der Waals surface area contributed by atoms with Crippen molar-refractivity contribution in [2.45, 2.75) is 12.8 Å². The Kier molecular flexibility index (Phi) is 6.98. The van der Waals surface area contributed by atoms with Crippen molar-refractivity contribution < 1.29 is 14.3 Å². The molecule has 2 fully saturated rings. The van der Waals surface area contributed by atoms with Gasteiger partial charge in [0.2, 0.25) is 5.91 Å². The molecule has 2 heterocycles. The van der Waals surface area contributed by atoms with Crippen molar-refractivity contribution >= 4 is 35.0 Å². The van der Waals surface area contributed by atoms with E-state index in [1.54, 1.807) is 7.11 Å². The lowest BCUT2D eigenvalue weighted by Crippen LogP contribution is -2.51. The predicted molar refractivity (Wildman–Crippen MR) is 116 cm³/mol. The normalized spacial score (nSPS) is 19.2. The Morgan fingerprint density at radius 3 is 2.62 bits per heavy atom. The number of hydrogen-bond acceptors (Lipinski definition) is 4. The third kappa shape index (κ3) is 4.49. The van der Waals surface area contributed by atoms with Crippen LogP contribution in [0.2, 0.25) is 0 Å². The highest BCUT2D eigenvalue weighted by Crippen LogP contribution is 2.30. The minimum absolute atomic E-state index is 0. The number of amides is 2. The maximum absolute atomic E-state index is 13.2. The van der Waals surface area contributed by atoms with E-state index in [1.807, 2.05) is 41.3 Å². The number of carbonyl (C=O) groups is 2. The monoisotopic (exact) mass is 417 g/mol. The van der Waals surface area contributed by atoms with E-state index in [9.17, 15) is 9.59 Å². The number of piperidine rings is 1. The molecule has 2 aliphatic rings. The second-order valence-electron chi connectivity index (χ2n) is 7.72. The number of fused-ring (bicyclic) bond motifs is 1. The van der Waals surface area contributed by atoms with Gasteiger partial charge in [-0.3, -0.25) is 9.59 Å². The average molecular weight is 418 g/mol. The van der Waals surface area contributed by atoms with Crippen LogP contribution < -0.4 is 15.4 Å². The number of hydrogen-bond donors (Lipinski definition) is 2. The molecular formula is C22H28ClN3O3. The number of nitrogens with one attached hydrogen (secondary N) is 2. The Labute approximate surface area is 177 Å². The molecule has 156 valence electrons. The Hall–Kier alpha value is -2.31. The van der Waals surface area contributed by atoms with Crippen LogP contribution in [0.4, 0.5) is 0 Å². The molecular weight excluding hydrogens is 390 g/mol. The first-order chi connectivity index (χ1) is 13.7. The molecule has 0 aromatic heterocycles. The highest BCUT2D eigenvalue weighted by atomic mass is 35.5. The van der Waals surface area contributed by atoms with Gasteiger partial charge in [-0.1, -0.05) is 24.3 Å². The van der Waals surface area contributed by atoms with E-state index in [0.29, 0.717) is 24.6 Å². The Balaban J connectivity index is 0.00000240. The first-order valence-corrected chi connectivity index (χ1v) is 10.0. The summed E-state index contributed by atoms with van der Waals surface area (Å²) in [6, 6.07) is 11.5. The van der Waals surface area contributed by atoms with E-state index in [1.165, 1.54) is 0 Å². The van der Waals surface area contributed by atoms with E-state index >= 15 is 0 Å². The van der Waals surface area contributed by atoms with Crippen LogP contribution in [-0.2, 0) is 4.79 Å². The van der Waals surface area contributed by atoms with Gasteiger partial charge >= 0.3 is 0 Å². The fourth-order valence-electron chi connectivity index (χ4n) is 4.06. The van der Waals surface area contributed by atoms with Crippen LogP contribution in [0.25, 0.3) is 10.8 Å². The van der Waals surface area contributed by atoms with E-state index in [2.05, 4.69) is 10.6 Å². The fourth-order valence-corrected chi connectivity index (χ4v) is 4.06. The minimum atomic E-state index is -0.129. The largest absolute Gasteiger partial charge is 0.496 e. The third-order valence-corrected chi connectivity index (χ3v) is 5.84. The lowest BCUT2D eigenvalue weighted by Gasteiger charge is -2.33. The van der Waals surface area contributed by atoms with Crippen LogP contribution in [0, 0.1) is 11.8 Å². The summed E-state index contributed by atoms with van der Waals surface area (Å²) >= 11 is 0. The van der Waals surface area contributed by atoms with Gasteiger partial charge in [0.05, 0.1) is 13.0 Å². The zero-order valence-electron chi connectivity index (χ0n) is 16.6. The molecule has 7 heteroatoms. The number of carbonyl (C=O) groups excluding carboxylic acids is 2. The van der Waals surface area contributed by atoms with Gasteiger partial charge in [-0.25, -0.2) is 0 Å². The molecule has 0 radical (unpaired) electrons. The average Bonchev–Trinajstić information content (AvgIpc) is 2.71. The topological polar surface area (TPSA) is 70.7 Å². The van der Waals surface area contributed by atoms with E-state index in [0.717, 1.165) is 49.0 Å². The molecule has 1 atom stereocenters. The summed E-state index contributed by atoms with van der Waals surface area (Å²) in [6.45, 7) is 3.84. The molecule has 0 saturated carbocycles. The standard InChI is InChI=1S/C22H27N3O3.ClH/c1-28-20-9-8-19(17-6-2-3-7-18(17)20)22(27)25-10-4-5-16(14-25)21(26)24-13-15-11-23-12-15;/h2-3,6-9,15-16,23H,4-5,10-14H2,1H3,(H,24,26);1H. The highest BCUT2D eigenvalue weighted by molar-refractivity contribution is 6.08. The van der Waals surface area contributed by atoms with Crippen molar-refractivity contribution in [1.29, 1.82) is 0 Å². The van der Waals surface area contributed by atoms with Gasteiger partial charge in [0.25, 0.3) is 5.91 Å². The minimum Gasteiger partial charge on any atom is -0.496 e. The van der Waals surface area contributed by atoms with E-state index in [-0.39, 0.29) is 30.1 Å². The van der Waals surface area contributed by atoms with Crippen molar-refractivity contribution in [3.05, 3.63) is 42.0 Å². The van der Waals surface area contributed by atoms with Gasteiger partial charge in [0.1, 0.15) is 5.75 Å². The van der Waals surface area contributed by atoms with E-state index < -0.39 is 0 Å². The molecule has 29 heavy (non-hydrogen) atoms. The maximum atomic E-state index is 13.2. The van der Waals surface area contributed by atoms with Crippen molar-refractivity contribution in [3.8, 4) is 5.75 Å². The maximum Gasteiger partial charge on any atom is 0.254 e. The number of halogens is 1. The Morgan fingerprint density at radius 1 is 1.17 bits per heavy atom. The van der Waals surface area contributed by atoms with Gasteiger partial charge in [-0.2, -0.15) is 0 Å². The first-order valence-electron chi connectivity index (χ1n) is 10.0. The molecule has 2 amide bonds. The fraction of sp³-hybridized carbons (Fsp3) is 0.455. The zero-order valence-corrected chi connectivity index (χ0v) is 17.5. The summed E-state index contributed by atoms with van der Waals surface area (Å²) in [6.07, 6.45) is 1.69. The van der Waals surface area contributed by atoms with Gasteiger partial charge in [-0.05, 0) is 30.4 Å². The number of methoxy groups -OCH3 is 1. The molecule has 0 spiro atoms. The van der Waals surface area contributed by atoms with Gasteiger partial charge in [0, 0.05) is 49.6 Å². The molecule has 0 bridgehead atoms. The molecule has 6 nitrogen and oxygen atoms in total. The molecule has 2 aromatic carbocycles. The molecule has 1 unspecified atom stereocenters. The third-order valence-electron chi connectivity index (χ3n) is 5.84. The van der Waals surface area contributed by atoms with Crippen LogP contribution in [0.3, 0.4) is 0 Å². The number of likely N-dealkylation sites (tertiary alicyclic amines) is 1. The number of rotatable bonds is 5. The summed E-state index contributed by atoms with van der Waals surface area (Å²) in [5, 5.41) is 8.09. The van der Waals surface area contributed by atoms with Crippen LogP contribution in [0.5, 0.6) is 5.75 Å². The SMILES string of the molecule is COc1ccc(C(=O)N2CCCC(C(=O)NCC3CNC3)C2)c2ccccc12.Cl. The van der Waals surface area contributed by atoms with Crippen LogP contribution in [0.1, 0.15) is 23.2 Å². The first kappa shape index (κ1) is 21.4. The number of nitrogens with zero attached hydrogens (tertiary/aromatic N) is 1. The quantitative estimate of drug-likeness (QED) is 0.784. The van der Waals surface area contributed by atoms with Crippen molar-refractivity contribution in [2.75, 3.05) is 39.8 Å². The Morgan fingerprint density at radius 2 is 1.93 bits per heavy atom. The molecule has 2 saturated heterocycles. The second kappa shape index (κ2) is 9.46. The Bertz CT molecular complexity index is 885. The predicted octanol–water partition coefficient (Wildman–Crippen LogP) is 2.46. The van der Waals surface area contributed by atoms with Gasteiger partial charge in [-0.15, -0.1) is 12.4 Å². The smallest absolute Gasteiger partial charge is 0.254 e. The summed E-state index contributed by atoms with van der Waals surface area (Å²) in [5.41, 5.74) is 0.665. The van der Waals surface area contributed by atoms with Crippen molar-refractivity contribution in [3.63, 3.8) is 0 Å². The molecule has 2 N–H and O–H groups in total. The van der Waals surface area contributed by atoms with E-state index in [4.69, 9.17) is 4.74 Å². The van der Waals surface area contributed by atoms with Crippen LogP contribution >= 0.6 is 12.4 Å². The summed E-state index contributed by atoms with van der Waals surface area (Å²) in [7, 11) is 1.64. The molecule has 2 aromatic rings. The number of ether oxygens (including phenoxy) is 1. The molecule has 4 rings (SSSR count). The van der Waals surface area contributed by atoms with Crippen molar-refractivity contribution in [2.24, 2.45) is 11.8 Å². The zero-order chi connectivity index (χ0) is 19.5. The lowest BCUT2D eigenvalue weighted by molar-refractivity contribution is -0.126. The van der Waals surface area contributed by atoms with Crippen LogP contribution in [0.15, 0.2) is 36.4 Å². The summed E-state index contributed by atoms with van der Waals surface area (Å²) in [4.78, 5) is 27.6.